The minimum atomic E-state index is -0.630. The van der Waals surface area contributed by atoms with Gasteiger partial charge in [-0.1, -0.05) is 12.1 Å². The average Bonchev–Trinajstić information content (AvgIpc) is 3.00. The van der Waals surface area contributed by atoms with Gasteiger partial charge < -0.3 is 29.2 Å². The van der Waals surface area contributed by atoms with E-state index in [1.54, 1.807) is 54.1 Å². The monoisotopic (exact) mass is 570 g/mol. The molecule has 10 nitrogen and oxygen atoms in total. The average molecular weight is 571 g/mol. The number of aromatic nitrogens is 3. The molecule has 0 saturated carbocycles. The Morgan fingerprint density at radius 3 is 2.43 bits per heavy atom. The minimum Gasteiger partial charge on any atom is -0.491 e. The van der Waals surface area contributed by atoms with Gasteiger partial charge in [-0.05, 0) is 48.9 Å². The van der Waals surface area contributed by atoms with Crippen LogP contribution in [-0.2, 0) is 6.54 Å². The lowest BCUT2D eigenvalue weighted by atomic mass is 10.0. The number of rotatable bonds is 9. The first-order chi connectivity index (χ1) is 20.3. The quantitative estimate of drug-likeness (QED) is 0.255. The van der Waals surface area contributed by atoms with Crippen LogP contribution in [0.4, 0.5) is 10.1 Å². The summed E-state index contributed by atoms with van der Waals surface area (Å²) in [5.74, 6) is 0.566. The molecule has 0 aliphatic heterocycles. The highest BCUT2D eigenvalue weighted by Gasteiger charge is 2.20. The van der Waals surface area contributed by atoms with E-state index in [0.29, 0.717) is 45.2 Å². The lowest BCUT2D eigenvalue weighted by Gasteiger charge is -2.16. The van der Waals surface area contributed by atoms with Crippen molar-refractivity contribution in [1.29, 1.82) is 0 Å². The zero-order valence-electron chi connectivity index (χ0n) is 23.1. The van der Waals surface area contributed by atoms with Gasteiger partial charge in [0.25, 0.3) is 11.8 Å². The number of nitrogens with zero attached hydrogens (tertiary/aromatic N) is 3. The first-order valence-corrected chi connectivity index (χ1v) is 12.9. The van der Waals surface area contributed by atoms with Gasteiger partial charge in [0, 0.05) is 48.0 Å². The second kappa shape index (κ2) is 12.1. The summed E-state index contributed by atoms with van der Waals surface area (Å²) in [7, 11) is 3.00. The molecule has 11 heteroatoms. The standard InChI is InChI=1S/C31H27FN4O6/c1-18-27(19-4-6-20(32)7-5-19)29(38)23(17-36(18)14-15-37)30(39)34-21-8-10-22(11-9-21)42-25-12-13-33-24-16-26(40-2)31(41-3)35-28(24)25/h4-13,16-17,37H,14-15H2,1-3H3,(H,34,39). The Bertz CT molecular complexity index is 1820. The predicted molar refractivity (Wildman–Crippen MR) is 155 cm³/mol. The number of anilines is 1. The molecule has 214 valence electrons. The second-order valence-electron chi connectivity index (χ2n) is 9.21. The van der Waals surface area contributed by atoms with Crippen molar-refractivity contribution in [1.82, 2.24) is 14.5 Å². The number of hydrogen-bond donors (Lipinski definition) is 2. The molecule has 0 aliphatic carbocycles. The zero-order valence-corrected chi connectivity index (χ0v) is 23.1. The van der Waals surface area contributed by atoms with Crippen molar-refractivity contribution in [3.05, 3.63) is 100 Å². The molecule has 0 radical (unpaired) electrons. The van der Waals surface area contributed by atoms with Crippen LogP contribution < -0.4 is 25.0 Å². The molecule has 2 N–H and O–H groups in total. The zero-order chi connectivity index (χ0) is 29.8. The third kappa shape index (κ3) is 5.63. The van der Waals surface area contributed by atoms with Gasteiger partial charge in [0.2, 0.25) is 5.43 Å². The minimum absolute atomic E-state index is 0.118. The van der Waals surface area contributed by atoms with Crippen molar-refractivity contribution in [2.75, 3.05) is 26.1 Å². The SMILES string of the molecule is COc1cc2nccc(Oc3ccc(NC(=O)c4cn(CCO)c(C)c(-c5ccc(F)cc5)c4=O)cc3)c2nc1OC. The first kappa shape index (κ1) is 28.2. The van der Waals surface area contributed by atoms with Crippen molar-refractivity contribution >= 4 is 22.6 Å². The Hall–Kier alpha value is -5.29. The number of carbonyl (C=O) groups is 1. The Kier molecular flexibility index (Phi) is 8.12. The number of methoxy groups -OCH3 is 2. The van der Waals surface area contributed by atoms with E-state index in [9.17, 15) is 19.1 Å². The van der Waals surface area contributed by atoms with Crippen LogP contribution in [0.25, 0.3) is 22.2 Å². The van der Waals surface area contributed by atoms with E-state index in [4.69, 9.17) is 14.2 Å². The molecule has 5 aromatic rings. The molecule has 0 atom stereocenters. The number of halogens is 1. The summed E-state index contributed by atoms with van der Waals surface area (Å²) in [6.45, 7) is 1.69. The molecule has 1 amide bonds. The summed E-state index contributed by atoms with van der Waals surface area (Å²) in [4.78, 5) is 35.5. The largest absolute Gasteiger partial charge is 0.491 e. The molecule has 42 heavy (non-hydrogen) atoms. The molecule has 0 aliphatic rings. The van der Waals surface area contributed by atoms with Crippen LogP contribution in [0.5, 0.6) is 23.1 Å². The van der Waals surface area contributed by atoms with Crippen LogP contribution >= 0.6 is 0 Å². The maximum atomic E-state index is 13.5. The van der Waals surface area contributed by atoms with E-state index in [2.05, 4.69) is 15.3 Å². The number of fused-ring (bicyclic) bond motifs is 1. The van der Waals surface area contributed by atoms with Crippen LogP contribution in [-0.4, -0.2) is 46.4 Å². The van der Waals surface area contributed by atoms with Gasteiger partial charge in [-0.15, -0.1) is 0 Å². The molecule has 3 heterocycles. The van der Waals surface area contributed by atoms with Crippen LogP contribution in [0, 0.1) is 12.7 Å². The number of pyridine rings is 3. The number of amides is 1. The van der Waals surface area contributed by atoms with Crippen LogP contribution in [0.15, 0.2) is 77.9 Å². The number of carbonyl (C=O) groups excluding carboxylic acids is 1. The lowest BCUT2D eigenvalue weighted by Crippen LogP contribution is -2.26. The van der Waals surface area contributed by atoms with E-state index >= 15 is 0 Å². The molecular weight excluding hydrogens is 543 g/mol. The summed E-state index contributed by atoms with van der Waals surface area (Å²) in [6.07, 6.45) is 3.00. The highest BCUT2D eigenvalue weighted by atomic mass is 19.1. The van der Waals surface area contributed by atoms with Gasteiger partial charge in [0.15, 0.2) is 11.5 Å². The molecule has 0 spiro atoms. The van der Waals surface area contributed by atoms with Gasteiger partial charge >= 0.3 is 0 Å². The molecular formula is C31H27FN4O6. The maximum Gasteiger partial charge on any atom is 0.261 e. The van der Waals surface area contributed by atoms with Gasteiger partial charge in [-0.2, -0.15) is 0 Å². The van der Waals surface area contributed by atoms with Gasteiger partial charge in [-0.3, -0.25) is 14.6 Å². The summed E-state index contributed by atoms with van der Waals surface area (Å²) >= 11 is 0. The number of benzene rings is 2. The number of aliphatic hydroxyl groups is 1. The fraction of sp³-hybridized carbons (Fsp3) is 0.161. The van der Waals surface area contributed by atoms with Gasteiger partial charge in [-0.25, -0.2) is 9.37 Å². The van der Waals surface area contributed by atoms with E-state index in [-0.39, 0.29) is 30.2 Å². The van der Waals surface area contributed by atoms with Gasteiger partial charge in [0.05, 0.1) is 26.3 Å². The summed E-state index contributed by atoms with van der Waals surface area (Å²) in [5.41, 5.74) is 2.11. The predicted octanol–water partition coefficient (Wildman–Crippen LogP) is 4.96. The Morgan fingerprint density at radius 2 is 1.76 bits per heavy atom. The highest BCUT2D eigenvalue weighted by molar-refractivity contribution is 6.04. The Labute approximate surface area is 240 Å². The van der Waals surface area contributed by atoms with Crippen molar-refractivity contribution in [3.8, 4) is 34.3 Å². The summed E-state index contributed by atoms with van der Waals surface area (Å²) in [6, 6.07) is 15.4. The molecule has 0 bridgehead atoms. The third-order valence-corrected chi connectivity index (χ3v) is 6.63. The van der Waals surface area contributed by atoms with Crippen molar-refractivity contribution in [3.63, 3.8) is 0 Å². The number of nitrogens with one attached hydrogen (secondary N) is 1. The van der Waals surface area contributed by atoms with E-state index < -0.39 is 17.2 Å². The highest BCUT2D eigenvalue weighted by Crippen LogP contribution is 2.34. The Morgan fingerprint density at radius 1 is 1.02 bits per heavy atom. The lowest BCUT2D eigenvalue weighted by molar-refractivity contribution is 0.102. The fourth-order valence-corrected chi connectivity index (χ4v) is 4.53. The van der Waals surface area contributed by atoms with E-state index in [1.807, 2.05) is 0 Å². The normalized spacial score (nSPS) is 10.9. The molecule has 2 aromatic carbocycles. The van der Waals surface area contributed by atoms with E-state index in [0.717, 1.165) is 0 Å². The smallest absolute Gasteiger partial charge is 0.261 e. The topological polar surface area (TPSA) is 125 Å². The summed E-state index contributed by atoms with van der Waals surface area (Å²) < 4.78 is 31.8. The van der Waals surface area contributed by atoms with Crippen LogP contribution in [0.3, 0.4) is 0 Å². The Balaban J connectivity index is 1.40. The molecule has 0 fully saturated rings. The maximum absolute atomic E-state index is 13.5. The molecule has 3 aromatic heterocycles. The molecule has 0 unspecified atom stereocenters. The molecule has 0 saturated heterocycles. The first-order valence-electron chi connectivity index (χ1n) is 12.9. The van der Waals surface area contributed by atoms with Crippen molar-refractivity contribution in [2.45, 2.75) is 13.5 Å². The van der Waals surface area contributed by atoms with Crippen LogP contribution in [0.1, 0.15) is 16.1 Å². The number of aliphatic hydroxyl groups excluding tert-OH is 1. The second-order valence-corrected chi connectivity index (χ2v) is 9.21. The number of hydrogen-bond acceptors (Lipinski definition) is 8. The number of ether oxygens (including phenoxy) is 3. The summed E-state index contributed by atoms with van der Waals surface area (Å²) in [5, 5.41) is 12.3. The van der Waals surface area contributed by atoms with Crippen molar-refractivity contribution < 1.29 is 28.5 Å². The van der Waals surface area contributed by atoms with E-state index in [1.165, 1.54) is 44.7 Å². The van der Waals surface area contributed by atoms with Crippen molar-refractivity contribution in [2.24, 2.45) is 0 Å². The molecule has 5 rings (SSSR count). The third-order valence-electron chi connectivity index (χ3n) is 6.63. The van der Waals surface area contributed by atoms with Crippen LogP contribution in [0.2, 0.25) is 0 Å². The fourth-order valence-electron chi connectivity index (χ4n) is 4.53. The van der Waals surface area contributed by atoms with Gasteiger partial charge in [0.1, 0.15) is 22.6 Å².